The molecule has 2 aromatic rings. The lowest BCUT2D eigenvalue weighted by Crippen LogP contribution is -2.48. The van der Waals surface area contributed by atoms with Crippen LogP contribution in [0.25, 0.3) is 0 Å². The smallest absolute Gasteiger partial charge is 0.255 e. The summed E-state index contributed by atoms with van der Waals surface area (Å²) in [6.07, 6.45) is 7.03. The number of nitrogens with two attached hydrogens (primary N) is 1. The van der Waals surface area contributed by atoms with Crippen molar-refractivity contribution in [2.45, 2.75) is 50.6 Å². The second-order valence-corrected chi connectivity index (χ2v) is 7.45. The maximum Gasteiger partial charge on any atom is 0.255 e. The number of nitrogens with zero attached hydrogens (tertiary/aromatic N) is 2. The number of pyridine rings is 1. The molecule has 2 aliphatic carbocycles. The summed E-state index contributed by atoms with van der Waals surface area (Å²) in [7, 11) is 0. The molecule has 2 N–H and O–H groups in total. The quantitative estimate of drug-likeness (QED) is 0.901. The van der Waals surface area contributed by atoms with Gasteiger partial charge in [-0.05, 0) is 55.7 Å². The van der Waals surface area contributed by atoms with Crippen molar-refractivity contribution < 1.29 is 9.59 Å². The van der Waals surface area contributed by atoms with Crippen molar-refractivity contribution >= 4 is 11.8 Å². The summed E-state index contributed by atoms with van der Waals surface area (Å²) in [5.74, 6) is -0.0740. The Labute approximate surface area is 153 Å². The van der Waals surface area contributed by atoms with E-state index in [2.05, 4.69) is 36.2 Å². The molecule has 5 heteroatoms. The van der Waals surface area contributed by atoms with Crippen LogP contribution in [-0.2, 0) is 0 Å². The van der Waals surface area contributed by atoms with Crippen LogP contribution < -0.4 is 5.73 Å². The van der Waals surface area contributed by atoms with E-state index in [0.717, 1.165) is 25.7 Å². The number of primary amides is 1. The molecule has 1 aromatic heterocycles. The molecular formula is C21H23N3O2. The van der Waals surface area contributed by atoms with Gasteiger partial charge in [-0.3, -0.25) is 14.6 Å². The van der Waals surface area contributed by atoms with E-state index in [0.29, 0.717) is 17.5 Å². The predicted octanol–water partition coefficient (Wildman–Crippen LogP) is 3.04. The molecule has 0 saturated heterocycles. The number of amides is 2. The molecule has 0 aliphatic heterocycles. The van der Waals surface area contributed by atoms with E-state index in [9.17, 15) is 9.59 Å². The number of benzene rings is 1. The third kappa shape index (κ3) is 3.09. The van der Waals surface area contributed by atoms with E-state index < -0.39 is 5.91 Å². The van der Waals surface area contributed by atoms with Gasteiger partial charge in [-0.1, -0.05) is 24.3 Å². The summed E-state index contributed by atoms with van der Waals surface area (Å²) in [5, 5.41) is 0. The summed E-state index contributed by atoms with van der Waals surface area (Å²) < 4.78 is 0. The van der Waals surface area contributed by atoms with E-state index in [1.165, 1.54) is 23.5 Å². The molecule has 0 atom stereocenters. The first-order valence-corrected chi connectivity index (χ1v) is 9.17. The van der Waals surface area contributed by atoms with E-state index in [1.54, 1.807) is 6.07 Å². The molecule has 134 valence electrons. The zero-order chi connectivity index (χ0) is 18.3. The van der Waals surface area contributed by atoms with Gasteiger partial charge in [0.15, 0.2) is 0 Å². The van der Waals surface area contributed by atoms with Crippen LogP contribution in [0.2, 0.25) is 0 Å². The maximum absolute atomic E-state index is 13.1. The molecular weight excluding hydrogens is 326 g/mol. The Bertz CT molecular complexity index is 854. The van der Waals surface area contributed by atoms with Gasteiger partial charge in [0.05, 0.1) is 11.1 Å². The average molecular weight is 349 g/mol. The van der Waals surface area contributed by atoms with Crippen LogP contribution in [0.5, 0.6) is 0 Å². The lowest BCUT2D eigenvalue weighted by molar-refractivity contribution is 0.0516. The number of carbonyl (C=O) groups excluding carboxylic acids is 2. The van der Waals surface area contributed by atoms with Crippen molar-refractivity contribution in [3.05, 3.63) is 65.0 Å². The van der Waals surface area contributed by atoms with Gasteiger partial charge in [0, 0.05) is 24.5 Å². The summed E-state index contributed by atoms with van der Waals surface area (Å²) in [5.41, 5.74) is 8.76. The number of carbonyl (C=O) groups is 2. The molecule has 1 aromatic carbocycles. The van der Waals surface area contributed by atoms with Gasteiger partial charge in [-0.2, -0.15) is 0 Å². The van der Waals surface area contributed by atoms with E-state index in [1.807, 2.05) is 4.90 Å². The Morgan fingerprint density at radius 2 is 1.77 bits per heavy atom. The number of aromatic nitrogens is 1. The van der Waals surface area contributed by atoms with Gasteiger partial charge in [-0.25, -0.2) is 0 Å². The maximum atomic E-state index is 13.1. The summed E-state index contributed by atoms with van der Waals surface area (Å²) in [4.78, 5) is 30.5. The third-order valence-electron chi connectivity index (χ3n) is 5.58. The first-order chi connectivity index (χ1) is 12.5. The van der Waals surface area contributed by atoms with Gasteiger partial charge in [0.25, 0.3) is 5.91 Å². The Kier molecular flexibility index (Phi) is 4.23. The minimum Gasteiger partial charge on any atom is -0.366 e. The van der Waals surface area contributed by atoms with Crippen molar-refractivity contribution in [3.63, 3.8) is 0 Å². The monoisotopic (exact) mass is 349 g/mol. The highest BCUT2D eigenvalue weighted by Gasteiger charge is 2.44. The van der Waals surface area contributed by atoms with Crippen LogP contribution in [0.4, 0.5) is 0 Å². The largest absolute Gasteiger partial charge is 0.366 e. The lowest BCUT2D eigenvalue weighted by Gasteiger charge is -2.44. The fraction of sp³-hybridized carbons (Fsp3) is 0.381. The van der Waals surface area contributed by atoms with E-state index >= 15 is 0 Å². The van der Waals surface area contributed by atoms with Crippen LogP contribution >= 0.6 is 0 Å². The fourth-order valence-electron chi connectivity index (χ4n) is 3.94. The standard InChI is InChI=1S/C21H23N3O2/c1-13-4-2-3-5-19(13)14-9-18(10-14)24(17-6-7-17)21(26)16-8-15(20(22)25)11-23-12-16/h2-5,8,11-12,14,17-18H,6-7,9-10H2,1H3,(H2,22,25). The summed E-state index contributed by atoms with van der Waals surface area (Å²) in [6.45, 7) is 2.15. The van der Waals surface area contributed by atoms with Crippen molar-refractivity contribution in [3.8, 4) is 0 Å². The molecule has 2 saturated carbocycles. The molecule has 0 unspecified atom stereocenters. The van der Waals surface area contributed by atoms with Gasteiger partial charge < -0.3 is 10.6 Å². The molecule has 0 radical (unpaired) electrons. The van der Waals surface area contributed by atoms with Gasteiger partial charge >= 0.3 is 0 Å². The topological polar surface area (TPSA) is 76.3 Å². The van der Waals surface area contributed by atoms with Gasteiger partial charge in [-0.15, -0.1) is 0 Å². The fourth-order valence-corrected chi connectivity index (χ4v) is 3.94. The number of hydrogen-bond donors (Lipinski definition) is 1. The first-order valence-electron chi connectivity index (χ1n) is 9.17. The van der Waals surface area contributed by atoms with Crippen molar-refractivity contribution in [2.24, 2.45) is 5.73 Å². The molecule has 1 heterocycles. The molecule has 2 aliphatic rings. The number of hydrogen-bond acceptors (Lipinski definition) is 3. The van der Waals surface area contributed by atoms with Crippen molar-refractivity contribution in [1.29, 1.82) is 0 Å². The Morgan fingerprint density at radius 3 is 2.42 bits per heavy atom. The normalized spacial score (nSPS) is 21.7. The van der Waals surface area contributed by atoms with Crippen LogP contribution in [-0.4, -0.2) is 33.8 Å². The molecule has 5 nitrogen and oxygen atoms in total. The number of rotatable bonds is 5. The molecule has 0 spiro atoms. The molecule has 26 heavy (non-hydrogen) atoms. The second-order valence-electron chi connectivity index (χ2n) is 7.45. The SMILES string of the molecule is Cc1ccccc1C1CC(N(C(=O)c2cncc(C(N)=O)c2)C2CC2)C1. The van der Waals surface area contributed by atoms with E-state index in [-0.39, 0.29) is 17.5 Å². The van der Waals surface area contributed by atoms with Crippen LogP contribution in [0.1, 0.15) is 63.4 Å². The minimum absolute atomic E-state index is 0.0312. The second kappa shape index (κ2) is 6.56. The van der Waals surface area contributed by atoms with Crippen LogP contribution in [0.3, 0.4) is 0 Å². The highest BCUT2D eigenvalue weighted by Crippen LogP contribution is 2.44. The lowest BCUT2D eigenvalue weighted by atomic mass is 9.73. The molecule has 2 fully saturated rings. The minimum atomic E-state index is -0.562. The number of aryl methyl sites for hydroxylation is 1. The van der Waals surface area contributed by atoms with Gasteiger partial charge in [0.1, 0.15) is 0 Å². The zero-order valence-corrected chi connectivity index (χ0v) is 14.9. The Hall–Kier alpha value is -2.69. The summed E-state index contributed by atoms with van der Waals surface area (Å²) >= 11 is 0. The van der Waals surface area contributed by atoms with Crippen molar-refractivity contribution in [2.75, 3.05) is 0 Å². The molecule has 4 rings (SSSR count). The third-order valence-corrected chi connectivity index (χ3v) is 5.58. The van der Waals surface area contributed by atoms with Crippen LogP contribution in [0, 0.1) is 6.92 Å². The molecule has 0 bridgehead atoms. The van der Waals surface area contributed by atoms with Crippen LogP contribution in [0.15, 0.2) is 42.7 Å². The Morgan fingerprint density at radius 1 is 1.08 bits per heavy atom. The highest BCUT2D eigenvalue weighted by atomic mass is 16.2. The van der Waals surface area contributed by atoms with Crippen molar-refractivity contribution in [1.82, 2.24) is 9.88 Å². The highest BCUT2D eigenvalue weighted by molar-refractivity contribution is 5.99. The first kappa shape index (κ1) is 16.8. The average Bonchev–Trinajstić information content (AvgIpc) is 3.43. The van der Waals surface area contributed by atoms with E-state index in [4.69, 9.17) is 5.73 Å². The van der Waals surface area contributed by atoms with Gasteiger partial charge in [0.2, 0.25) is 5.91 Å². The predicted molar refractivity (Wildman–Crippen MR) is 98.9 cm³/mol. The Balaban J connectivity index is 1.51. The zero-order valence-electron chi connectivity index (χ0n) is 14.9. The summed E-state index contributed by atoms with van der Waals surface area (Å²) in [6, 6.07) is 10.6. The molecule has 2 amide bonds.